The summed E-state index contributed by atoms with van der Waals surface area (Å²) in [5.74, 6) is 0.450. The minimum absolute atomic E-state index is 0.352. The maximum absolute atomic E-state index is 13.7. The first-order valence-corrected chi connectivity index (χ1v) is 8.62. The average molecular weight is 393 g/mol. The molecule has 3 nitrogen and oxygen atoms in total. The second kappa shape index (κ2) is 7.81. The van der Waals surface area contributed by atoms with Gasteiger partial charge in [-0.1, -0.05) is 18.2 Å². The lowest BCUT2D eigenvalue weighted by Crippen LogP contribution is -2.02. The number of halogens is 2. The summed E-state index contributed by atoms with van der Waals surface area (Å²) < 4.78 is 31.0. The molecule has 0 fully saturated rings. The van der Waals surface area contributed by atoms with Crippen LogP contribution in [0.3, 0.4) is 0 Å². The van der Waals surface area contributed by atoms with Crippen LogP contribution < -0.4 is 4.74 Å². The maximum Gasteiger partial charge on any atom is 0.169 e. The van der Waals surface area contributed by atoms with Crippen molar-refractivity contribution in [1.82, 2.24) is 0 Å². The maximum atomic E-state index is 13.7. The minimum Gasteiger partial charge on any atom is -0.489 e. The van der Waals surface area contributed by atoms with Crippen LogP contribution >= 0.6 is 15.9 Å². The average Bonchev–Trinajstić information content (AvgIpc) is 2.96. The Morgan fingerprint density at radius 2 is 2.04 bits per heavy atom. The minimum atomic E-state index is -0.371. The Labute approximate surface area is 148 Å². The molecule has 0 spiro atoms. The molecule has 3 aromatic rings. The lowest BCUT2D eigenvalue weighted by molar-refractivity contribution is 0.150. The first-order chi connectivity index (χ1) is 11.7. The predicted octanol–water partition coefficient (Wildman–Crippen LogP) is 5.49. The molecule has 126 valence electrons. The Kier molecular flexibility index (Phi) is 5.53. The van der Waals surface area contributed by atoms with Crippen LogP contribution in [0.5, 0.6) is 5.75 Å². The Morgan fingerprint density at radius 1 is 1.21 bits per heavy atom. The number of para-hydroxylation sites is 1. The molecule has 0 saturated heterocycles. The van der Waals surface area contributed by atoms with Crippen molar-refractivity contribution in [3.8, 4) is 5.75 Å². The van der Waals surface area contributed by atoms with Gasteiger partial charge in [0.1, 0.15) is 18.6 Å². The molecule has 0 N–H and O–H groups in total. The van der Waals surface area contributed by atoms with Crippen molar-refractivity contribution < 1.29 is 18.3 Å². The van der Waals surface area contributed by atoms with E-state index in [1.807, 2.05) is 37.3 Å². The fourth-order valence-electron chi connectivity index (χ4n) is 2.54. The van der Waals surface area contributed by atoms with Gasteiger partial charge in [-0.2, -0.15) is 0 Å². The van der Waals surface area contributed by atoms with E-state index in [9.17, 15) is 4.39 Å². The molecule has 0 amide bonds. The number of benzene rings is 2. The second-order valence-corrected chi connectivity index (χ2v) is 6.24. The lowest BCUT2D eigenvalue weighted by Gasteiger charge is -2.12. The van der Waals surface area contributed by atoms with Crippen LogP contribution in [0, 0.1) is 5.82 Å². The standard InChI is InChI=1S/C19H18BrFO3/c1-2-22-8-7-14-5-3-4-6-18(14)23-11-13-9-15-17(21)12-24-19(15)16(20)10-13/h3-6,9-10,12H,2,7-8,11H2,1H3. The van der Waals surface area contributed by atoms with Gasteiger partial charge in [0.15, 0.2) is 11.4 Å². The highest BCUT2D eigenvalue weighted by Crippen LogP contribution is 2.30. The molecule has 0 aliphatic heterocycles. The van der Waals surface area contributed by atoms with Crippen LogP contribution in [0.4, 0.5) is 4.39 Å². The molecule has 0 bridgehead atoms. The second-order valence-electron chi connectivity index (χ2n) is 5.38. The molecule has 0 atom stereocenters. The molecule has 24 heavy (non-hydrogen) atoms. The van der Waals surface area contributed by atoms with Crippen molar-refractivity contribution in [1.29, 1.82) is 0 Å². The topological polar surface area (TPSA) is 31.6 Å². The number of hydrogen-bond donors (Lipinski definition) is 0. The summed E-state index contributed by atoms with van der Waals surface area (Å²) in [6.07, 6.45) is 1.91. The van der Waals surface area contributed by atoms with Crippen molar-refractivity contribution in [2.45, 2.75) is 20.0 Å². The van der Waals surface area contributed by atoms with Gasteiger partial charge >= 0.3 is 0 Å². The van der Waals surface area contributed by atoms with Gasteiger partial charge in [0.05, 0.1) is 16.5 Å². The molecule has 3 rings (SSSR count). The van der Waals surface area contributed by atoms with Gasteiger partial charge in [-0.05, 0) is 58.6 Å². The molecule has 0 unspecified atom stereocenters. The van der Waals surface area contributed by atoms with Crippen molar-refractivity contribution in [2.75, 3.05) is 13.2 Å². The zero-order valence-electron chi connectivity index (χ0n) is 13.4. The van der Waals surface area contributed by atoms with Crippen molar-refractivity contribution in [3.63, 3.8) is 0 Å². The molecule has 5 heteroatoms. The van der Waals surface area contributed by atoms with Crippen LogP contribution in [0.2, 0.25) is 0 Å². The summed E-state index contributed by atoms with van der Waals surface area (Å²) >= 11 is 3.41. The molecule has 2 aromatic carbocycles. The van der Waals surface area contributed by atoms with E-state index in [0.717, 1.165) is 29.6 Å². The van der Waals surface area contributed by atoms with E-state index in [1.165, 1.54) is 0 Å². The van der Waals surface area contributed by atoms with Crippen LogP contribution in [0.25, 0.3) is 11.0 Å². The molecule has 0 aliphatic carbocycles. The summed E-state index contributed by atoms with van der Waals surface area (Å²) in [6, 6.07) is 11.5. The first-order valence-electron chi connectivity index (χ1n) is 7.82. The Hall–Kier alpha value is -1.85. The Bertz CT molecular complexity index is 829. The van der Waals surface area contributed by atoms with Crippen molar-refractivity contribution in [2.24, 2.45) is 0 Å². The largest absolute Gasteiger partial charge is 0.489 e. The van der Waals surface area contributed by atoms with Gasteiger partial charge in [-0.15, -0.1) is 0 Å². The fraction of sp³-hybridized carbons (Fsp3) is 0.263. The summed E-state index contributed by atoms with van der Waals surface area (Å²) in [5.41, 5.74) is 2.48. The third-order valence-electron chi connectivity index (χ3n) is 3.73. The van der Waals surface area contributed by atoms with E-state index in [4.69, 9.17) is 13.9 Å². The van der Waals surface area contributed by atoms with Crippen molar-refractivity contribution in [3.05, 3.63) is 64.1 Å². The first kappa shape index (κ1) is 17.0. The third-order valence-corrected chi connectivity index (χ3v) is 4.32. The number of hydrogen-bond acceptors (Lipinski definition) is 3. The van der Waals surface area contributed by atoms with E-state index in [-0.39, 0.29) is 5.82 Å². The third kappa shape index (κ3) is 3.79. The summed E-state index contributed by atoms with van der Waals surface area (Å²) in [6.45, 7) is 3.69. The number of furan rings is 1. The quantitative estimate of drug-likeness (QED) is 0.498. The highest BCUT2D eigenvalue weighted by molar-refractivity contribution is 9.10. The van der Waals surface area contributed by atoms with Gasteiger partial charge in [0.25, 0.3) is 0 Å². The van der Waals surface area contributed by atoms with Gasteiger partial charge < -0.3 is 13.9 Å². The zero-order valence-corrected chi connectivity index (χ0v) is 14.9. The van der Waals surface area contributed by atoms with E-state index < -0.39 is 0 Å². The summed E-state index contributed by atoms with van der Waals surface area (Å²) in [5, 5.41) is 0.451. The SMILES string of the molecule is CCOCCc1ccccc1OCc1cc(Br)c2occ(F)c2c1. The normalized spacial score (nSPS) is 11.1. The molecule has 1 heterocycles. The molecule has 1 aromatic heterocycles. The number of rotatable bonds is 7. The van der Waals surface area contributed by atoms with E-state index in [0.29, 0.717) is 35.3 Å². The molecule has 0 radical (unpaired) electrons. The Balaban J connectivity index is 1.75. The van der Waals surface area contributed by atoms with Gasteiger partial charge in [0, 0.05) is 6.61 Å². The highest BCUT2D eigenvalue weighted by atomic mass is 79.9. The van der Waals surface area contributed by atoms with Crippen LogP contribution in [0.15, 0.2) is 51.6 Å². The Morgan fingerprint density at radius 3 is 2.88 bits per heavy atom. The molecule has 0 saturated carbocycles. The van der Waals surface area contributed by atoms with E-state index >= 15 is 0 Å². The summed E-state index contributed by atoms with van der Waals surface area (Å²) in [4.78, 5) is 0. The molecule has 0 aliphatic rings. The fourth-order valence-corrected chi connectivity index (χ4v) is 3.14. The molecular formula is C19H18BrFO3. The molecular weight excluding hydrogens is 375 g/mol. The smallest absolute Gasteiger partial charge is 0.169 e. The van der Waals surface area contributed by atoms with Gasteiger partial charge in [0.2, 0.25) is 0 Å². The van der Waals surface area contributed by atoms with E-state index in [1.54, 1.807) is 6.07 Å². The number of ether oxygens (including phenoxy) is 2. The summed E-state index contributed by atoms with van der Waals surface area (Å²) in [7, 11) is 0. The highest BCUT2D eigenvalue weighted by Gasteiger charge is 2.11. The zero-order chi connectivity index (χ0) is 16.9. The van der Waals surface area contributed by atoms with Gasteiger partial charge in [-0.25, -0.2) is 4.39 Å². The van der Waals surface area contributed by atoms with Crippen molar-refractivity contribution >= 4 is 26.9 Å². The van der Waals surface area contributed by atoms with Crippen LogP contribution in [-0.4, -0.2) is 13.2 Å². The predicted molar refractivity (Wildman–Crippen MR) is 94.8 cm³/mol. The number of fused-ring (bicyclic) bond motifs is 1. The lowest BCUT2D eigenvalue weighted by atomic mass is 10.1. The van der Waals surface area contributed by atoms with E-state index in [2.05, 4.69) is 15.9 Å². The monoisotopic (exact) mass is 392 g/mol. The van der Waals surface area contributed by atoms with Gasteiger partial charge in [-0.3, -0.25) is 0 Å². The van der Waals surface area contributed by atoms with Crippen LogP contribution in [0.1, 0.15) is 18.1 Å². The van der Waals surface area contributed by atoms with Crippen LogP contribution in [-0.2, 0) is 17.8 Å².